The van der Waals surface area contributed by atoms with E-state index in [1.807, 2.05) is 28.8 Å². The number of imidazole rings is 1. The van der Waals surface area contributed by atoms with Crippen LogP contribution in [0.2, 0.25) is 0 Å². The molecule has 1 fully saturated rings. The molecule has 2 aliphatic heterocycles. The lowest BCUT2D eigenvalue weighted by atomic mass is 9.92. The molecule has 0 spiro atoms. The van der Waals surface area contributed by atoms with Crippen LogP contribution in [0.4, 0.5) is 0 Å². The maximum Gasteiger partial charge on any atom is 0.335 e. The van der Waals surface area contributed by atoms with Crippen molar-refractivity contribution in [2.45, 2.75) is 32.5 Å². The summed E-state index contributed by atoms with van der Waals surface area (Å²) in [5.74, 6) is -1.33. The Bertz CT molecular complexity index is 1390. The fraction of sp³-hybridized carbons (Fsp3) is 0.379. The second kappa shape index (κ2) is 11.5. The van der Waals surface area contributed by atoms with Crippen LogP contribution in [0.3, 0.4) is 0 Å². The predicted octanol–water partition coefficient (Wildman–Crippen LogP) is 2.34. The number of hydrogen-bond donors (Lipinski definition) is 2. The number of aromatic nitrogens is 2. The molecule has 204 valence electrons. The summed E-state index contributed by atoms with van der Waals surface area (Å²) in [5, 5.41) is 19.9. The summed E-state index contributed by atoms with van der Waals surface area (Å²) in [6, 6.07) is 11.7. The first kappa shape index (κ1) is 26.7. The van der Waals surface area contributed by atoms with Crippen LogP contribution in [0.25, 0.3) is 11.4 Å². The zero-order valence-electron chi connectivity index (χ0n) is 21.9. The number of fused-ring (bicyclic) bond motifs is 1. The van der Waals surface area contributed by atoms with E-state index in [4.69, 9.17) is 4.74 Å². The maximum atomic E-state index is 14.1. The van der Waals surface area contributed by atoms with Crippen LogP contribution in [0.15, 0.2) is 48.7 Å². The van der Waals surface area contributed by atoms with Crippen molar-refractivity contribution in [2.75, 3.05) is 39.5 Å². The van der Waals surface area contributed by atoms with Crippen molar-refractivity contribution in [3.8, 4) is 11.4 Å². The first-order valence-corrected chi connectivity index (χ1v) is 13.1. The molecule has 10 nitrogen and oxygen atoms in total. The predicted molar refractivity (Wildman–Crippen MR) is 143 cm³/mol. The molecular formula is C29H32N4O6. The van der Waals surface area contributed by atoms with Crippen LogP contribution >= 0.6 is 0 Å². The van der Waals surface area contributed by atoms with E-state index in [9.17, 15) is 24.6 Å². The standard InChI is InChI=1S/C29H32N4O6/c1-19(35)26-17-32(9-8-31-10-12-39-13-11-31)27(30-26)24-7-6-21(29(37)38)15-25(24)28(36)33-16-22-5-3-2-4-20(22)14-23(33)18-34/h2-7,15,17,23,34H,8-14,16,18H2,1H3,(H,37,38)/t23-/m0/s1. The number of nitrogens with zero attached hydrogens (tertiary/aromatic N) is 4. The van der Waals surface area contributed by atoms with E-state index >= 15 is 0 Å². The van der Waals surface area contributed by atoms with E-state index in [0.29, 0.717) is 50.7 Å². The lowest BCUT2D eigenvalue weighted by Gasteiger charge is -2.36. The SMILES string of the molecule is CC(=O)c1cn(CCN2CCOCC2)c(-c2ccc(C(=O)O)cc2C(=O)N2Cc3ccccc3C[C@H]2CO)n1. The molecule has 2 aliphatic rings. The lowest BCUT2D eigenvalue weighted by molar-refractivity contribution is 0.0364. The van der Waals surface area contributed by atoms with Crippen molar-refractivity contribution in [3.63, 3.8) is 0 Å². The molecule has 0 bridgehead atoms. The number of carbonyl (C=O) groups is 3. The van der Waals surface area contributed by atoms with Crippen molar-refractivity contribution in [2.24, 2.45) is 0 Å². The summed E-state index contributed by atoms with van der Waals surface area (Å²) < 4.78 is 7.29. The molecule has 3 heterocycles. The fourth-order valence-electron chi connectivity index (χ4n) is 5.24. The minimum Gasteiger partial charge on any atom is -0.478 e. The minimum absolute atomic E-state index is 0.0294. The average Bonchev–Trinajstić information content (AvgIpc) is 3.39. The lowest BCUT2D eigenvalue weighted by Crippen LogP contribution is -2.46. The van der Waals surface area contributed by atoms with Gasteiger partial charge < -0.3 is 24.4 Å². The van der Waals surface area contributed by atoms with Crippen LogP contribution in [-0.2, 0) is 24.2 Å². The number of amides is 1. The van der Waals surface area contributed by atoms with Gasteiger partial charge in [0.25, 0.3) is 5.91 Å². The Balaban J connectivity index is 1.55. The maximum absolute atomic E-state index is 14.1. The Labute approximate surface area is 226 Å². The summed E-state index contributed by atoms with van der Waals surface area (Å²) in [5.41, 5.74) is 2.91. The van der Waals surface area contributed by atoms with Crippen LogP contribution in [-0.4, -0.2) is 92.7 Å². The highest BCUT2D eigenvalue weighted by atomic mass is 16.5. The molecule has 3 aromatic rings. The van der Waals surface area contributed by atoms with Crippen LogP contribution in [0.5, 0.6) is 0 Å². The Morgan fingerprint density at radius 2 is 1.79 bits per heavy atom. The molecule has 0 radical (unpaired) electrons. The topological polar surface area (TPSA) is 125 Å². The van der Waals surface area contributed by atoms with Crippen molar-refractivity contribution >= 4 is 17.7 Å². The van der Waals surface area contributed by atoms with E-state index in [-0.39, 0.29) is 29.2 Å². The quantitative estimate of drug-likeness (QED) is 0.424. The Morgan fingerprint density at radius 1 is 1.05 bits per heavy atom. The molecule has 10 heteroatoms. The van der Waals surface area contributed by atoms with E-state index in [2.05, 4.69) is 9.88 Å². The van der Waals surface area contributed by atoms with E-state index in [0.717, 1.165) is 24.2 Å². The van der Waals surface area contributed by atoms with Crippen LogP contribution in [0.1, 0.15) is 49.3 Å². The molecule has 39 heavy (non-hydrogen) atoms. The van der Waals surface area contributed by atoms with Gasteiger partial charge in [0.05, 0.1) is 37.0 Å². The average molecular weight is 533 g/mol. The number of carboxylic acids is 1. The van der Waals surface area contributed by atoms with E-state index in [1.54, 1.807) is 17.2 Å². The number of aromatic carboxylic acids is 1. The molecule has 5 rings (SSSR count). The van der Waals surface area contributed by atoms with Gasteiger partial charge in [0.2, 0.25) is 0 Å². The number of morpholine rings is 1. The third kappa shape index (κ3) is 5.63. The summed E-state index contributed by atoms with van der Waals surface area (Å²) in [6.07, 6.45) is 2.18. The van der Waals surface area contributed by atoms with Crippen LogP contribution < -0.4 is 0 Å². The third-order valence-corrected chi connectivity index (χ3v) is 7.46. The molecule has 1 aromatic heterocycles. The van der Waals surface area contributed by atoms with Crippen molar-refractivity contribution in [3.05, 3.63) is 76.6 Å². The molecular weight excluding hydrogens is 500 g/mol. The second-order valence-corrected chi connectivity index (χ2v) is 9.96. The highest BCUT2D eigenvalue weighted by Crippen LogP contribution is 2.30. The normalized spacial score (nSPS) is 17.6. The first-order chi connectivity index (χ1) is 18.9. The molecule has 1 saturated heterocycles. The highest BCUT2D eigenvalue weighted by molar-refractivity contribution is 6.03. The third-order valence-electron chi connectivity index (χ3n) is 7.46. The first-order valence-electron chi connectivity index (χ1n) is 13.1. The molecule has 1 atom stereocenters. The highest BCUT2D eigenvalue weighted by Gasteiger charge is 2.32. The molecule has 0 unspecified atom stereocenters. The number of benzene rings is 2. The fourth-order valence-corrected chi connectivity index (χ4v) is 5.24. The second-order valence-electron chi connectivity index (χ2n) is 9.96. The number of ether oxygens (including phenoxy) is 1. The van der Waals surface area contributed by atoms with Crippen molar-refractivity contribution in [1.29, 1.82) is 0 Å². The minimum atomic E-state index is -1.15. The number of carboxylic acid groups (broad SMARTS) is 1. The van der Waals surface area contributed by atoms with Gasteiger partial charge in [-0.15, -0.1) is 0 Å². The number of aliphatic hydroxyl groups excluding tert-OH is 1. The van der Waals surface area contributed by atoms with Gasteiger partial charge in [-0.25, -0.2) is 9.78 Å². The Morgan fingerprint density at radius 3 is 2.49 bits per heavy atom. The number of carbonyl (C=O) groups excluding carboxylic acids is 2. The molecule has 0 saturated carbocycles. The monoisotopic (exact) mass is 532 g/mol. The van der Waals surface area contributed by atoms with Crippen molar-refractivity contribution < 1.29 is 29.3 Å². The Hall–Kier alpha value is -3.86. The number of Topliss-reactive ketones (excluding diaryl/α,β-unsaturated/α-hetero) is 1. The summed E-state index contributed by atoms with van der Waals surface area (Å²) in [4.78, 5) is 46.7. The van der Waals surface area contributed by atoms with E-state index < -0.39 is 17.9 Å². The number of ketones is 1. The smallest absolute Gasteiger partial charge is 0.335 e. The van der Waals surface area contributed by atoms with Crippen LogP contribution in [0, 0.1) is 0 Å². The molecule has 0 aliphatic carbocycles. The van der Waals surface area contributed by atoms with Gasteiger partial charge in [-0.3, -0.25) is 14.5 Å². The van der Waals surface area contributed by atoms with Gasteiger partial charge >= 0.3 is 5.97 Å². The Kier molecular flexibility index (Phi) is 7.87. The van der Waals surface area contributed by atoms with Crippen molar-refractivity contribution in [1.82, 2.24) is 19.4 Å². The summed E-state index contributed by atoms with van der Waals surface area (Å²) in [6.45, 7) is 5.67. The zero-order chi connectivity index (χ0) is 27.5. The summed E-state index contributed by atoms with van der Waals surface area (Å²) >= 11 is 0. The van der Waals surface area contributed by atoms with Gasteiger partial charge in [-0.1, -0.05) is 24.3 Å². The van der Waals surface area contributed by atoms with Gasteiger partial charge in [0, 0.05) is 51.4 Å². The number of rotatable bonds is 8. The number of hydrogen-bond acceptors (Lipinski definition) is 7. The largest absolute Gasteiger partial charge is 0.478 e. The molecule has 1 amide bonds. The number of aliphatic hydroxyl groups is 1. The van der Waals surface area contributed by atoms with Gasteiger partial charge in [-0.05, 0) is 35.7 Å². The van der Waals surface area contributed by atoms with Gasteiger partial charge in [0.1, 0.15) is 11.5 Å². The molecule has 2 aromatic carbocycles. The van der Waals surface area contributed by atoms with Gasteiger partial charge in [-0.2, -0.15) is 0 Å². The van der Waals surface area contributed by atoms with E-state index in [1.165, 1.54) is 19.1 Å². The summed E-state index contributed by atoms with van der Waals surface area (Å²) in [7, 11) is 0. The zero-order valence-corrected chi connectivity index (χ0v) is 21.9. The van der Waals surface area contributed by atoms with Gasteiger partial charge in [0.15, 0.2) is 5.78 Å². The molecule has 2 N–H and O–H groups in total.